The summed E-state index contributed by atoms with van der Waals surface area (Å²) in [6.45, 7) is 3.55. The molecule has 2 aromatic rings. The van der Waals surface area contributed by atoms with Gasteiger partial charge in [-0.1, -0.05) is 0 Å². The maximum absolute atomic E-state index is 12.1. The van der Waals surface area contributed by atoms with Gasteiger partial charge >= 0.3 is 5.97 Å². The number of methoxy groups -OCH3 is 1. The second kappa shape index (κ2) is 7.44. The summed E-state index contributed by atoms with van der Waals surface area (Å²) in [7, 11) is 1.60. The van der Waals surface area contributed by atoms with Crippen molar-refractivity contribution >= 4 is 23.2 Å². The molecule has 0 aliphatic heterocycles. The lowest BCUT2D eigenvalue weighted by atomic mass is 9.90. The lowest BCUT2D eigenvalue weighted by Crippen LogP contribution is -2.32. The predicted molar refractivity (Wildman–Crippen MR) is 92.5 cm³/mol. The number of aromatic nitrogens is 1. The van der Waals surface area contributed by atoms with Gasteiger partial charge in [-0.15, -0.1) is 11.3 Å². The number of aliphatic carboxylic acids is 1. The van der Waals surface area contributed by atoms with Crippen LogP contribution in [0, 0.1) is 5.41 Å². The second-order valence-corrected chi connectivity index (χ2v) is 6.82. The fourth-order valence-electron chi connectivity index (χ4n) is 1.93. The number of carboxylic acids is 1. The van der Waals surface area contributed by atoms with Gasteiger partial charge in [-0.25, -0.2) is 4.98 Å². The molecule has 0 bridgehead atoms. The van der Waals surface area contributed by atoms with E-state index in [9.17, 15) is 9.59 Å². The summed E-state index contributed by atoms with van der Waals surface area (Å²) in [6.07, 6.45) is 0.351. The number of carbonyl (C=O) groups is 2. The molecule has 1 aromatic carbocycles. The highest BCUT2D eigenvalue weighted by Gasteiger charge is 2.26. The molecule has 1 aromatic heterocycles. The number of amides is 1. The number of carbonyl (C=O) groups excluding carboxylic acids is 1. The van der Waals surface area contributed by atoms with E-state index in [-0.39, 0.29) is 12.5 Å². The van der Waals surface area contributed by atoms with Crippen molar-refractivity contribution in [3.63, 3.8) is 0 Å². The van der Waals surface area contributed by atoms with Crippen LogP contribution < -0.4 is 10.1 Å². The summed E-state index contributed by atoms with van der Waals surface area (Å²) in [5.74, 6) is -0.422. The summed E-state index contributed by atoms with van der Waals surface area (Å²) in [6, 6.07) is 7.44. The van der Waals surface area contributed by atoms with Crippen LogP contribution in [-0.2, 0) is 4.79 Å². The van der Waals surface area contributed by atoms with E-state index in [4.69, 9.17) is 9.84 Å². The molecule has 7 heteroatoms. The lowest BCUT2D eigenvalue weighted by Gasteiger charge is -2.18. The van der Waals surface area contributed by atoms with Gasteiger partial charge in [-0.2, -0.15) is 0 Å². The number of hydrogen-bond acceptors (Lipinski definition) is 5. The Morgan fingerprint density at radius 2 is 1.96 bits per heavy atom. The third-order valence-corrected chi connectivity index (χ3v) is 4.58. The number of hydrogen-bond donors (Lipinski definition) is 2. The van der Waals surface area contributed by atoms with Crippen molar-refractivity contribution in [3.8, 4) is 16.3 Å². The zero-order valence-electron chi connectivity index (χ0n) is 13.8. The maximum Gasteiger partial charge on any atom is 0.309 e. The van der Waals surface area contributed by atoms with Crippen LogP contribution in [0.2, 0.25) is 0 Å². The fraction of sp³-hybridized carbons (Fsp3) is 0.353. The number of nitrogens with zero attached hydrogens (tertiary/aromatic N) is 1. The number of benzene rings is 1. The molecule has 6 nitrogen and oxygen atoms in total. The molecular formula is C17H20N2O4S. The first-order chi connectivity index (χ1) is 11.3. The van der Waals surface area contributed by atoms with Gasteiger partial charge in [-0.3, -0.25) is 9.59 Å². The average Bonchev–Trinajstić information content (AvgIpc) is 3.04. The summed E-state index contributed by atoms with van der Waals surface area (Å²) in [4.78, 5) is 27.5. The van der Waals surface area contributed by atoms with E-state index >= 15 is 0 Å². The Hall–Kier alpha value is -2.41. The molecule has 2 rings (SSSR count). The Balaban J connectivity index is 1.97. The minimum absolute atomic E-state index is 0.285. The van der Waals surface area contributed by atoms with Crippen LogP contribution in [0.25, 0.3) is 10.6 Å². The topological polar surface area (TPSA) is 88.5 Å². The van der Waals surface area contributed by atoms with Crippen molar-refractivity contribution in [1.82, 2.24) is 10.3 Å². The Kier molecular flexibility index (Phi) is 5.56. The monoisotopic (exact) mass is 348 g/mol. The highest BCUT2D eigenvalue weighted by atomic mass is 32.1. The Labute approximate surface area is 144 Å². The molecule has 2 N–H and O–H groups in total. The largest absolute Gasteiger partial charge is 0.497 e. The van der Waals surface area contributed by atoms with Crippen LogP contribution in [-0.4, -0.2) is 35.6 Å². The molecule has 0 unspecified atom stereocenters. The summed E-state index contributed by atoms with van der Waals surface area (Å²) >= 11 is 1.38. The molecule has 0 saturated heterocycles. The number of ether oxygens (including phenoxy) is 1. The molecule has 24 heavy (non-hydrogen) atoms. The molecular weight excluding hydrogens is 328 g/mol. The lowest BCUT2D eigenvalue weighted by molar-refractivity contribution is -0.147. The van der Waals surface area contributed by atoms with Crippen molar-refractivity contribution in [2.24, 2.45) is 5.41 Å². The molecule has 0 saturated carbocycles. The van der Waals surface area contributed by atoms with Gasteiger partial charge in [0.1, 0.15) is 16.5 Å². The molecule has 0 aliphatic carbocycles. The highest BCUT2D eigenvalue weighted by Crippen LogP contribution is 2.25. The van der Waals surface area contributed by atoms with E-state index in [1.54, 1.807) is 26.3 Å². The van der Waals surface area contributed by atoms with Gasteiger partial charge in [0, 0.05) is 17.5 Å². The van der Waals surface area contributed by atoms with Gasteiger partial charge < -0.3 is 15.2 Å². The summed E-state index contributed by atoms with van der Waals surface area (Å²) < 4.78 is 5.11. The fourth-order valence-corrected chi connectivity index (χ4v) is 2.74. The number of thiazole rings is 1. The summed E-state index contributed by atoms with van der Waals surface area (Å²) in [5.41, 5.74) is 0.370. The van der Waals surface area contributed by atoms with Crippen LogP contribution in [0.3, 0.4) is 0 Å². The number of carboxylic acid groups (broad SMARTS) is 1. The first-order valence-electron chi connectivity index (χ1n) is 7.45. The molecule has 0 spiro atoms. The molecule has 0 radical (unpaired) electrons. The Morgan fingerprint density at radius 3 is 2.54 bits per heavy atom. The van der Waals surface area contributed by atoms with Gasteiger partial charge in [0.2, 0.25) is 0 Å². The molecule has 1 amide bonds. The van der Waals surface area contributed by atoms with E-state index in [0.29, 0.717) is 12.1 Å². The van der Waals surface area contributed by atoms with Crippen LogP contribution in [0.15, 0.2) is 29.6 Å². The average molecular weight is 348 g/mol. The van der Waals surface area contributed by atoms with Gasteiger partial charge in [0.15, 0.2) is 0 Å². The maximum atomic E-state index is 12.1. The zero-order chi connectivity index (χ0) is 17.7. The smallest absolute Gasteiger partial charge is 0.309 e. The zero-order valence-corrected chi connectivity index (χ0v) is 14.6. The predicted octanol–water partition coefficient (Wildman–Crippen LogP) is 3.05. The van der Waals surface area contributed by atoms with Crippen LogP contribution >= 0.6 is 11.3 Å². The highest BCUT2D eigenvalue weighted by molar-refractivity contribution is 7.13. The van der Waals surface area contributed by atoms with Gasteiger partial charge in [0.25, 0.3) is 5.91 Å². The molecule has 0 atom stereocenters. The quantitative estimate of drug-likeness (QED) is 0.803. The first-order valence-corrected chi connectivity index (χ1v) is 8.33. The normalized spacial score (nSPS) is 11.1. The number of nitrogens with one attached hydrogen (secondary N) is 1. The van der Waals surface area contributed by atoms with Gasteiger partial charge in [0.05, 0.1) is 12.5 Å². The SMILES string of the molecule is COc1ccc(-c2nc(C(=O)NCCC(C)(C)C(=O)O)cs2)cc1. The number of rotatable bonds is 7. The van der Waals surface area contributed by atoms with E-state index < -0.39 is 11.4 Å². The third-order valence-electron chi connectivity index (χ3n) is 3.69. The summed E-state index contributed by atoms with van der Waals surface area (Å²) in [5, 5.41) is 14.2. The van der Waals surface area contributed by atoms with Crippen LogP contribution in [0.1, 0.15) is 30.8 Å². The Morgan fingerprint density at radius 1 is 1.29 bits per heavy atom. The Bertz CT molecular complexity index is 722. The third kappa shape index (κ3) is 4.32. The van der Waals surface area contributed by atoms with Crippen LogP contribution in [0.4, 0.5) is 0 Å². The van der Waals surface area contributed by atoms with E-state index in [1.807, 2.05) is 24.3 Å². The van der Waals surface area contributed by atoms with Crippen molar-refractivity contribution in [2.45, 2.75) is 20.3 Å². The minimum Gasteiger partial charge on any atom is -0.497 e. The van der Waals surface area contributed by atoms with Crippen molar-refractivity contribution in [1.29, 1.82) is 0 Å². The van der Waals surface area contributed by atoms with Crippen LogP contribution in [0.5, 0.6) is 5.75 Å². The van der Waals surface area contributed by atoms with E-state index in [2.05, 4.69) is 10.3 Å². The molecule has 0 fully saturated rings. The molecule has 0 aliphatic rings. The second-order valence-electron chi connectivity index (χ2n) is 5.96. The molecule has 128 valence electrons. The molecule has 1 heterocycles. The van der Waals surface area contributed by atoms with E-state index in [1.165, 1.54) is 11.3 Å². The standard InChI is InChI=1S/C17H20N2O4S/c1-17(2,16(21)22)8-9-18-14(20)13-10-24-15(19-13)11-4-6-12(23-3)7-5-11/h4-7,10H,8-9H2,1-3H3,(H,18,20)(H,21,22). The van der Waals surface area contributed by atoms with Crippen molar-refractivity contribution in [2.75, 3.05) is 13.7 Å². The van der Waals surface area contributed by atoms with Gasteiger partial charge in [-0.05, 0) is 44.5 Å². The van der Waals surface area contributed by atoms with E-state index in [0.717, 1.165) is 16.3 Å². The van der Waals surface area contributed by atoms with Crippen molar-refractivity contribution < 1.29 is 19.4 Å². The minimum atomic E-state index is -0.882. The van der Waals surface area contributed by atoms with Crippen molar-refractivity contribution in [3.05, 3.63) is 35.3 Å². The first kappa shape index (κ1) is 17.9.